The first-order chi connectivity index (χ1) is 15.3. The molecule has 1 aliphatic heterocycles. The number of hydrogen-bond acceptors (Lipinski definition) is 7. The van der Waals surface area contributed by atoms with Crippen molar-refractivity contribution in [3.63, 3.8) is 0 Å². The summed E-state index contributed by atoms with van der Waals surface area (Å²) < 4.78 is 59.6. The van der Waals surface area contributed by atoms with Crippen LogP contribution in [0.2, 0.25) is 0 Å². The normalized spacial score (nSPS) is 15.6. The van der Waals surface area contributed by atoms with E-state index in [9.17, 15) is 26.4 Å². The van der Waals surface area contributed by atoms with Gasteiger partial charge in [0.1, 0.15) is 4.21 Å². The van der Waals surface area contributed by atoms with Crippen molar-refractivity contribution in [2.75, 3.05) is 18.4 Å². The van der Waals surface area contributed by atoms with Crippen molar-refractivity contribution in [3.05, 3.63) is 17.1 Å². The Bertz CT molecular complexity index is 1090. The molecule has 1 amide bonds. The molecule has 14 heteroatoms. The first kappa shape index (κ1) is 27.2. The first-order valence-electron chi connectivity index (χ1n) is 9.89. The molecule has 1 saturated heterocycles. The van der Waals surface area contributed by atoms with Gasteiger partial charge >= 0.3 is 12.1 Å². The predicted molar refractivity (Wildman–Crippen MR) is 120 cm³/mol. The number of carbonyl (C=O) groups is 2. The number of aliphatic carboxylic acids is 1. The molecule has 0 saturated carbocycles. The number of carboxylic acids is 1. The molecule has 2 N–H and O–H groups in total. The maximum Gasteiger partial charge on any atom is 0.490 e. The van der Waals surface area contributed by atoms with E-state index in [1.54, 1.807) is 10.4 Å². The summed E-state index contributed by atoms with van der Waals surface area (Å²) in [5.41, 5.74) is 1.62. The fourth-order valence-corrected chi connectivity index (χ4v) is 6.99. The number of halogens is 3. The summed E-state index contributed by atoms with van der Waals surface area (Å²) >= 11 is 2.60. The Morgan fingerprint density at radius 1 is 1.30 bits per heavy atom. The van der Waals surface area contributed by atoms with Crippen LogP contribution in [0.15, 0.2) is 15.7 Å². The number of amides is 1. The van der Waals surface area contributed by atoms with Gasteiger partial charge < -0.3 is 10.4 Å². The highest BCUT2D eigenvalue weighted by molar-refractivity contribution is 7.91. The van der Waals surface area contributed by atoms with Crippen LogP contribution in [0, 0.1) is 12.8 Å². The van der Waals surface area contributed by atoms with Gasteiger partial charge in [-0.2, -0.15) is 17.5 Å². The largest absolute Gasteiger partial charge is 0.490 e. The number of thiophene rings is 1. The lowest BCUT2D eigenvalue weighted by molar-refractivity contribution is -0.192. The predicted octanol–water partition coefficient (Wildman–Crippen LogP) is 4.58. The second-order valence-corrected chi connectivity index (χ2v) is 11.4. The van der Waals surface area contributed by atoms with Crippen LogP contribution >= 0.6 is 22.7 Å². The van der Waals surface area contributed by atoms with E-state index in [0.29, 0.717) is 28.3 Å². The highest BCUT2D eigenvalue weighted by Crippen LogP contribution is 2.37. The molecule has 33 heavy (non-hydrogen) atoms. The van der Waals surface area contributed by atoms with Gasteiger partial charge in [-0.05, 0) is 31.7 Å². The Hall–Kier alpha value is -2.03. The van der Waals surface area contributed by atoms with Crippen LogP contribution in [0.5, 0.6) is 0 Å². The molecule has 0 radical (unpaired) electrons. The lowest BCUT2D eigenvalue weighted by Crippen LogP contribution is -2.37. The number of sulfonamides is 1. The van der Waals surface area contributed by atoms with E-state index in [0.717, 1.165) is 35.4 Å². The molecule has 0 unspecified atom stereocenters. The van der Waals surface area contributed by atoms with E-state index in [1.807, 2.05) is 12.3 Å². The van der Waals surface area contributed by atoms with Crippen LogP contribution in [0.1, 0.15) is 38.8 Å². The fraction of sp³-hybridized carbons (Fsp3) is 0.526. The molecular formula is C19H24F3N3O5S3. The third kappa shape index (κ3) is 7.22. The fourth-order valence-electron chi connectivity index (χ4n) is 3.12. The number of thiazole rings is 1. The smallest absolute Gasteiger partial charge is 0.475 e. The van der Waals surface area contributed by atoms with Crippen molar-refractivity contribution in [2.24, 2.45) is 5.92 Å². The number of aryl methyl sites for hydroxylation is 1. The molecule has 2 aromatic heterocycles. The van der Waals surface area contributed by atoms with Crippen molar-refractivity contribution >= 4 is 49.7 Å². The number of nitrogens with one attached hydrogen (secondary N) is 1. The Morgan fingerprint density at radius 2 is 1.88 bits per heavy atom. The number of carbonyl (C=O) groups excluding carboxylic acids is 1. The van der Waals surface area contributed by atoms with Crippen LogP contribution in [-0.2, 0) is 19.6 Å². The third-order valence-electron chi connectivity index (χ3n) is 4.90. The van der Waals surface area contributed by atoms with Crippen LogP contribution in [-0.4, -0.2) is 54.0 Å². The van der Waals surface area contributed by atoms with E-state index in [2.05, 4.69) is 17.2 Å². The number of anilines is 1. The summed E-state index contributed by atoms with van der Waals surface area (Å²) in [4.78, 5) is 25.3. The van der Waals surface area contributed by atoms with Gasteiger partial charge in [0, 0.05) is 31.0 Å². The van der Waals surface area contributed by atoms with Crippen LogP contribution in [0.4, 0.5) is 18.3 Å². The number of carboxylic acid groups (broad SMARTS) is 1. The van der Waals surface area contributed by atoms with Gasteiger partial charge in [0.2, 0.25) is 5.91 Å². The second kappa shape index (κ2) is 10.9. The highest BCUT2D eigenvalue weighted by atomic mass is 32.2. The van der Waals surface area contributed by atoms with E-state index in [4.69, 9.17) is 9.90 Å². The average molecular weight is 528 g/mol. The minimum atomic E-state index is -5.08. The highest BCUT2D eigenvalue weighted by Gasteiger charge is 2.38. The first-order valence-corrected chi connectivity index (χ1v) is 13.0. The number of piperidine rings is 1. The zero-order chi connectivity index (χ0) is 25.0. The molecule has 184 valence electrons. The van der Waals surface area contributed by atoms with Gasteiger partial charge in [-0.1, -0.05) is 24.7 Å². The maximum atomic E-state index is 12.9. The monoisotopic (exact) mass is 527 g/mol. The number of aromatic nitrogens is 1. The quantitative estimate of drug-likeness (QED) is 0.588. The molecule has 2 aromatic rings. The number of nitrogens with zero attached hydrogens (tertiary/aromatic N) is 2. The zero-order valence-electron chi connectivity index (χ0n) is 18.1. The Labute approximate surface area is 197 Å². The third-order valence-corrected chi connectivity index (χ3v) is 9.34. The minimum Gasteiger partial charge on any atom is -0.475 e. The van der Waals surface area contributed by atoms with Gasteiger partial charge in [-0.15, -0.1) is 11.3 Å². The van der Waals surface area contributed by atoms with Crippen molar-refractivity contribution < 1.29 is 36.3 Å². The molecular weight excluding hydrogens is 503 g/mol. The summed E-state index contributed by atoms with van der Waals surface area (Å²) in [6.07, 6.45) is -2.11. The Morgan fingerprint density at radius 3 is 2.36 bits per heavy atom. The summed E-state index contributed by atoms with van der Waals surface area (Å²) in [7, 11) is -3.44. The molecule has 0 aromatic carbocycles. The molecule has 0 aliphatic carbocycles. The summed E-state index contributed by atoms with van der Waals surface area (Å²) in [5.74, 6) is -2.30. The SMILES string of the molecule is CCC1CCN(S(=O)(=O)c2cc(-c3sc(NC(C)=O)nc3C)cs2)CC1.O=C(O)C(F)(F)F. The number of rotatable bonds is 5. The molecule has 1 fully saturated rings. The zero-order valence-corrected chi connectivity index (χ0v) is 20.6. The van der Waals surface area contributed by atoms with Crippen LogP contribution in [0.3, 0.4) is 0 Å². The molecule has 1 aliphatic rings. The number of hydrogen-bond donors (Lipinski definition) is 2. The van der Waals surface area contributed by atoms with Gasteiger partial charge in [0.05, 0.1) is 10.6 Å². The molecule has 3 heterocycles. The maximum absolute atomic E-state index is 12.9. The van der Waals surface area contributed by atoms with Crippen LogP contribution < -0.4 is 5.32 Å². The molecule has 3 rings (SSSR count). The lowest BCUT2D eigenvalue weighted by atomic mass is 9.96. The molecule has 0 atom stereocenters. The van der Waals surface area contributed by atoms with Crippen molar-refractivity contribution in [2.45, 2.75) is 50.4 Å². The van der Waals surface area contributed by atoms with E-state index in [-0.39, 0.29) is 5.91 Å². The van der Waals surface area contributed by atoms with Crippen molar-refractivity contribution in [3.8, 4) is 10.4 Å². The minimum absolute atomic E-state index is 0.172. The van der Waals surface area contributed by atoms with Gasteiger partial charge in [0.25, 0.3) is 10.0 Å². The van der Waals surface area contributed by atoms with Gasteiger partial charge in [-0.3, -0.25) is 4.79 Å². The summed E-state index contributed by atoms with van der Waals surface area (Å²) in [6, 6.07) is 1.73. The van der Waals surface area contributed by atoms with E-state index < -0.39 is 22.2 Å². The molecule has 0 spiro atoms. The van der Waals surface area contributed by atoms with Gasteiger partial charge in [-0.25, -0.2) is 18.2 Å². The van der Waals surface area contributed by atoms with E-state index in [1.165, 1.54) is 29.6 Å². The molecule has 0 bridgehead atoms. The van der Waals surface area contributed by atoms with Crippen LogP contribution in [0.25, 0.3) is 10.4 Å². The Kier molecular flexibility index (Phi) is 9.01. The average Bonchev–Trinajstić information content (AvgIpc) is 3.34. The second-order valence-electron chi connectivity index (χ2n) is 7.33. The lowest BCUT2D eigenvalue weighted by Gasteiger charge is -2.30. The topological polar surface area (TPSA) is 117 Å². The standard InChI is InChI=1S/C17H23N3O3S3.C2HF3O2/c1-4-13-5-7-20(8-6-13)26(22,23)15-9-14(10-24-15)16-11(2)18-17(25-16)19-12(3)21;3-2(4,5)1(6)7/h9-10,13H,4-8H2,1-3H3,(H,18,19,21);(H,6,7). The summed E-state index contributed by atoms with van der Waals surface area (Å²) in [5, 5.41) is 12.2. The molecule has 8 nitrogen and oxygen atoms in total. The van der Waals surface area contributed by atoms with E-state index >= 15 is 0 Å². The summed E-state index contributed by atoms with van der Waals surface area (Å²) in [6.45, 7) is 6.65. The van der Waals surface area contributed by atoms with Gasteiger partial charge in [0.15, 0.2) is 5.13 Å². The Balaban J connectivity index is 0.000000479. The van der Waals surface area contributed by atoms with Crippen molar-refractivity contribution in [1.82, 2.24) is 9.29 Å². The number of alkyl halides is 3. The van der Waals surface area contributed by atoms with Crippen molar-refractivity contribution in [1.29, 1.82) is 0 Å².